The maximum absolute atomic E-state index is 13.6. The monoisotopic (exact) mass is 490 g/mol. The fourth-order valence-corrected chi connectivity index (χ4v) is 7.01. The highest BCUT2D eigenvalue weighted by molar-refractivity contribution is 7.89. The molecule has 7 nitrogen and oxygen atoms in total. The molecule has 12 heteroatoms. The van der Waals surface area contributed by atoms with Crippen LogP contribution in [0, 0.1) is 11.8 Å². The number of thiazole rings is 1. The Morgan fingerprint density at radius 2 is 1.91 bits per heavy atom. The van der Waals surface area contributed by atoms with Crippen LogP contribution in [0.1, 0.15) is 12.8 Å². The normalized spacial score (nSPS) is 25.1. The van der Waals surface area contributed by atoms with Crippen molar-refractivity contribution in [3.8, 4) is 0 Å². The summed E-state index contributed by atoms with van der Waals surface area (Å²) in [5.41, 5.74) is 0.866. The molecular weight excluding hydrogens is 465 g/mol. The van der Waals surface area contributed by atoms with E-state index in [-0.39, 0.29) is 0 Å². The third-order valence-corrected chi connectivity index (χ3v) is 9.57. The van der Waals surface area contributed by atoms with Crippen LogP contribution in [0.3, 0.4) is 0 Å². The lowest BCUT2D eigenvalue weighted by Crippen LogP contribution is -2.45. The van der Waals surface area contributed by atoms with E-state index in [0.29, 0.717) is 25.9 Å². The van der Waals surface area contributed by atoms with E-state index in [1.807, 2.05) is 29.2 Å². The van der Waals surface area contributed by atoms with Crippen LogP contribution >= 0.6 is 11.3 Å². The lowest BCUT2D eigenvalue weighted by molar-refractivity contribution is -0.170. The van der Waals surface area contributed by atoms with Gasteiger partial charge in [0.25, 0.3) is 0 Å². The van der Waals surface area contributed by atoms with E-state index in [0.717, 1.165) is 24.6 Å². The van der Waals surface area contributed by atoms with Crippen molar-refractivity contribution in [1.29, 1.82) is 0 Å². The number of hydrogen-bond donors (Lipinski definition) is 0. The van der Waals surface area contributed by atoms with Gasteiger partial charge in [0.15, 0.2) is 5.13 Å². The first-order valence-corrected chi connectivity index (χ1v) is 12.7. The third kappa shape index (κ3) is 4.32. The molecule has 0 bridgehead atoms. The van der Waals surface area contributed by atoms with Gasteiger partial charge in [0, 0.05) is 40.3 Å². The molecule has 4 rings (SSSR count). The summed E-state index contributed by atoms with van der Waals surface area (Å²) >= 11 is 1.52. The summed E-state index contributed by atoms with van der Waals surface area (Å²) < 4.78 is 67.8. The molecular formula is C20H25F3N4O3S2. The van der Waals surface area contributed by atoms with Crippen molar-refractivity contribution in [2.45, 2.75) is 24.3 Å². The number of carbonyl (C=O) groups excluding carboxylic acids is 1. The average molecular weight is 491 g/mol. The molecule has 0 spiro atoms. The number of aromatic nitrogens is 1. The number of fused-ring (bicyclic) bond motifs is 1. The predicted octanol–water partition coefficient (Wildman–Crippen LogP) is 2.79. The van der Waals surface area contributed by atoms with Gasteiger partial charge in [0.05, 0.1) is 22.1 Å². The van der Waals surface area contributed by atoms with E-state index in [1.165, 1.54) is 25.4 Å². The lowest BCUT2D eigenvalue weighted by Gasteiger charge is -2.33. The number of alkyl halides is 3. The zero-order chi connectivity index (χ0) is 23.3. The molecule has 2 aromatic rings. The van der Waals surface area contributed by atoms with E-state index in [1.54, 1.807) is 0 Å². The van der Waals surface area contributed by atoms with Crippen LogP contribution in [0.2, 0.25) is 0 Å². The van der Waals surface area contributed by atoms with Gasteiger partial charge in [0.1, 0.15) is 5.25 Å². The van der Waals surface area contributed by atoms with E-state index in [2.05, 4.69) is 4.98 Å². The molecule has 1 aromatic heterocycles. The Kier molecular flexibility index (Phi) is 6.14. The molecule has 0 saturated carbocycles. The molecule has 0 aliphatic carbocycles. The van der Waals surface area contributed by atoms with Gasteiger partial charge in [-0.1, -0.05) is 23.5 Å². The zero-order valence-electron chi connectivity index (χ0n) is 17.7. The summed E-state index contributed by atoms with van der Waals surface area (Å²) in [4.78, 5) is 20.9. The first-order valence-electron chi connectivity index (χ1n) is 10.4. The predicted molar refractivity (Wildman–Crippen MR) is 117 cm³/mol. The maximum Gasteiger partial charge on any atom is 0.394 e. The van der Waals surface area contributed by atoms with E-state index in [9.17, 15) is 26.4 Å². The highest BCUT2D eigenvalue weighted by atomic mass is 32.2. The van der Waals surface area contributed by atoms with Crippen molar-refractivity contribution < 1.29 is 26.4 Å². The molecule has 2 saturated heterocycles. The number of benzene rings is 1. The summed E-state index contributed by atoms with van der Waals surface area (Å²) in [6.07, 6.45) is -3.44. The van der Waals surface area contributed by atoms with E-state index >= 15 is 0 Å². The number of piperidine rings is 1. The molecule has 0 radical (unpaired) electrons. The second-order valence-corrected chi connectivity index (χ2v) is 11.9. The SMILES string of the molecule is CN(C)S(=O)(=O)[C@@H]1CN(C(=O)C2CCCN(c3nc4ccccc4s3)C2)C[C@H]1C(F)(F)F. The first-order chi connectivity index (χ1) is 15.0. The van der Waals surface area contributed by atoms with Crippen LogP contribution in [0.15, 0.2) is 24.3 Å². The van der Waals surface area contributed by atoms with Crippen LogP contribution in [0.25, 0.3) is 10.2 Å². The van der Waals surface area contributed by atoms with Crippen LogP contribution in [0.4, 0.5) is 18.3 Å². The maximum atomic E-state index is 13.6. The molecule has 3 atom stereocenters. The number of carbonyl (C=O) groups is 1. The minimum atomic E-state index is -4.71. The Morgan fingerprint density at radius 1 is 1.19 bits per heavy atom. The van der Waals surface area contributed by atoms with Crippen LogP contribution in [0.5, 0.6) is 0 Å². The first kappa shape index (κ1) is 23.2. The molecule has 2 aliphatic rings. The van der Waals surface area contributed by atoms with Crippen LogP contribution < -0.4 is 4.90 Å². The third-order valence-electron chi connectivity index (χ3n) is 6.21. The second kappa shape index (κ2) is 8.45. The fourth-order valence-electron chi connectivity index (χ4n) is 4.45. The summed E-state index contributed by atoms with van der Waals surface area (Å²) in [7, 11) is -1.75. The minimum Gasteiger partial charge on any atom is -0.347 e. The van der Waals surface area contributed by atoms with Crippen LogP contribution in [-0.4, -0.2) is 80.2 Å². The van der Waals surface area contributed by atoms with Gasteiger partial charge < -0.3 is 9.80 Å². The molecule has 1 aromatic carbocycles. The van der Waals surface area contributed by atoms with Gasteiger partial charge in [-0.3, -0.25) is 4.79 Å². The molecule has 1 amide bonds. The van der Waals surface area contributed by atoms with Crippen LogP contribution in [-0.2, 0) is 14.8 Å². The zero-order valence-corrected chi connectivity index (χ0v) is 19.4. The van der Waals surface area contributed by atoms with Gasteiger partial charge in [-0.25, -0.2) is 17.7 Å². The lowest BCUT2D eigenvalue weighted by atomic mass is 9.97. The van der Waals surface area contributed by atoms with Gasteiger partial charge in [-0.05, 0) is 25.0 Å². The van der Waals surface area contributed by atoms with Gasteiger partial charge >= 0.3 is 6.18 Å². The number of amides is 1. The van der Waals surface area contributed by atoms with Crippen molar-refractivity contribution in [3.63, 3.8) is 0 Å². The Balaban J connectivity index is 1.52. The Hall–Kier alpha value is -1.92. The molecule has 1 unspecified atom stereocenters. The molecule has 2 fully saturated rings. The number of likely N-dealkylation sites (tertiary alicyclic amines) is 1. The smallest absolute Gasteiger partial charge is 0.347 e. The van der Waals surface area contributed by atoms with E-state index in [4.69, 9.17) is 0 Å². The molecule has 3 heterocycles. The number of anilines is 1. The fraction of sp³-hybridized carbons (Fsp3) is 0.600. The van der Waals surface area contributed by atoms with Gasteiger partial charge in [-0.2, -0.15) is 13.2 Å². The standard InChI is InChI=1S/C20H25F3N4O3S2/c1-25(2)32(29,30)17-12-27(11-14(17)20(21,22)23)18(28)13-6-5-9-26(10-13)19-24-15-7-3-4-8-16(15)31-19/h3-4,7-8,13-14,17H,5-6,9-12H2,1-2H3/t13?,14-,17-/m1/s1. The number of para-hydroxylation sites is 1. The topological polar surface area (TPSA) is 73.8 Å². The molecule has 0 N–H and O–H groups in total. The highest BCUT2D eigenvalue weighted by Crippen LogP contribution is 2.39. The molecule has 32 heavy (non-hydrogen) atoms. The number of sulfonamides is 1. The van der Waals surface area contributed by atoms with Crippen molar-refractivity contribution in [1.82, 2.24) is 14.2 Å². The number of hydrogen-bond acceptors (Lipinski definition) is 6. The van der Waals surface area contributed by atoms with Crippen molar-refractivity contribution in [2.24, 2.45) is 11.8 Å². The number of rotatable bonds is 4. The quantitative estimate of drug-likeness (QED) is 0.659. The van der Waals surface area contributed by atoms with Crippen molar-refractivity contribution >= 4 is 42.6 Å². The largest absolute Gasteiger partial charge is 0.394 e. The van der Waals surface area contributed by atoms with Crippen molar-refractivity contribution in [2.75, 3.05) is 45.2 Å². The minimum absolute atomic E-state index is 0.358. The summed E-state index contributed by atoms with van der Waals surface area (Å²) in [5.74, 6) is -3.00. The van der Waals surface area contributed by atoms with E-state index < -0.39 is 52.3 Å². The Bertz CT molecular complexity index is 1070. The molecule has 176 valence electrons. The number of nitrogens with zero attached hydrogens (tertiary/aromatic N) is 4. The Morgan fingerprint density at radius 3 is 2.56 bits per heavy atom. The second-order valence-electron chi connectivity index (χ2n) is 8.51. The molecule has 2 aliphatic heterocycles. The highest BCUT2D eigenvalue weighted by Gasteiger charge is 2.56. The average Bonchev–Trinajstić information content (AvgIpc) is 3.38. The van der Waals surface area contributed by atoms with Crippen molar-refractivity contribution in [3.05, 3.63) is 24.3 Å². The Labute approximate surface area is 188 Å². The van der Waals surface area contributed by atoms with Gasteiger partial charge in [-0.15, -0.1) is 0 Å². The summed E-state index contributed by atoms with van der Waals surface area (Å²) in [6, 6.07) is 7.71. The number of halogens is 3. The van der Waals surface area contributed by atoms with Gasteiger partial charge in [0.2, 0.25) is 15.9 Å². The summed E-state index contributed by atoms with van der Waals surface area (Å²) in [6.45, 7) is 0.00220. The summed E-state index contributed by atoms with van der Waals surface area (Å²) in [5, 5.41) is -0.906.